The molecule has 0 spiro atoms. The molecule has 37 heavy (non-hydrogen) atoms. The molecule has 5 amide bonds. The van der Waals surface area contributed by atoms with Crippen LogP contribution >= 0.6 is 0 Å². The molecule has 0 aromatic heterocycles. The summed E-state index contributed by atoms with van der Waals surface area (Å²) >= 11 is 0. The number of fused-ring (bicyclic) bond motifs is 1. The monoisotopic (exact) mass is 515 g/mol. The predicted molar refractivity (Wildman–Crippen MR) is 136 cm³/mol. The molecule has 2 heterocycles. The lowest BCUT2D eigenvalue weighted by atomic mass is 10.0. The van der Waals surface area contributed by atoms with Gasteiger partial charge in [-0.15, -0.1) is 0 Å². The average Bonchev–Trinajstić information content (AvgIpc) is 3.28. The van der Waals surface area contributed by atoms with Crippen molar-refractivity contribution in [1.82, 2.24) is 26.2 Å². The van der Waals surface area contributed by atoms with Crippen molar-refractivity contribution in [1.29, 1.82) is 0 Å². The van der Waals surface area contributed by atoms with Crippen molar-refractivity contribution in [2.75, 3.05) is 32.8 Å². The molecule has 3 rings (SSSR count). The van der Waals surface area contributed by atoms with E-state index in [1.807, 2.05) is 13.8 Å². The lowest BCUT2D eigenvalue weighted by molar-refractivity contribution is -0.131. The molecule has 1 aromatic rings. The van der Waals surface area contributed by atoms with Gasteiger partial charge in [0.15, 0.2) is 0 Å². The number of rotatable bonds is 6. The third-order valence-corrected chi connectivity index (χ3v) is 6.36. The Morgan fingerprint density at radius 2 is 1.92 bits per heavy atom. The molecule has 1 fully saturated rings. The first-order chi connectivity index (χ1) is 17.8. The van der Waals surface area contributed by atoms with E-state index in [1.165, 1.54) is 0 Å². The first-order valence-corrected chi connectivity index (χ1v) is 12.9. The summed E-state index contributed by atoms with van der Waals surface area (Å²) in [4.78, 5) is 65.3. The Morgan fingerprint density at radius 3 is 2.65 bits per heavy atom. The third-order valence-electron chi connectivity index (χ3n) is 6.36. The van der Waals surface area contributed by atoms with Crippen LogP contribution in [0.15, 0.2) is 24.3 Å². The molecule has 1 aromatic carbocycles. The van der Waals surface area contributed by atoms with E-state index in [2.05, 4.69) is 21.3 Å². The van der Waals surface area contributed by atoms with Gasteiger partial charge in [0.2, 0.25) is 23.6 Å². The molecule has 0 radical (unpaired) electrons. The van der Waals surface area contributed by atoms with Gasteiger partial charge in [0, 0.05) is 32.6 Å². The van der Waals surface area contributed by atoms with Crippen molar-refractivity contribution in [2.24, 2.45) is 5.92 Å². The molecule has 2 atom stereocenters. The Labute approximate surface area is 217 Å². The highest BCUT2D eigenvalue weighted by atomic mass is 16.5. The highest BCUT2D eigenvalue weighted by Gasteiger charge is 2.29. The topological polar surface area (TPSA) is 146 Å². The number of nitrogens with zero attached hydrogens (tertiary/aromatic N) is 1. The maximum absolute atomic E-state index is 13.1. The van der Waals surface area contributed by atoms with Crippen LogP contribution in [0.2, 0.25) is 0 Å². The number of benzene rings is 1. The quantitative estimate of drug-likeness (QED) is 0.402. The molecule has 202 valence electrons. The molecule has 1 saturated heterocycles. The Balaban J connectivity index is 1.73. The number of nitrogens with one attached hydrogen (secondary N) is 4. The number of carbonyl (C=O) groups is 5. The second kappa shape index (κ2) is 13.6. The molecule has 0 bridgehead atoms. The highest BCUT2D eigenvalue weighted by Crippen LogP contribution is 2.19. The summed E-state index contributed by atoms with van der Waals surface area (Å²) in [5, 5.41) is 10.9. The van der Waals surface area contributed by atoms with E-state index in [4.69, 9.17) is 4.74 Å². The van der Waals surface area contributed by atoms with Crippen LogP contribution in [0.1, 0.15) is 56.3 Å². The van der Waals surface area contributed by atoms with Crippen molar-refractivity contribution < 1.29 is 28.7 Å². The fourth-order valence-electron chi connectivity index (χ4n) is 4.30. The molecular formula is C26H37N5O6. The summed E-state index contributed by atoms with van der Waals surface area (Å²) < 4.78 is 5.77. The van der Waals surface area contributed by atoms with Gasteiger partial charge in [-0.3, -0.25) is 24.0 Å². The molecule has 2 aliphatic heterocycles. The number of para-hydroxylation sites is 1. The van der Waals surface area contributed by atoms with Gasteiger partial charge in [-0.1, -0.05) is 26.0 Å². The van der Waals surface area contributed by atoms with E-state index in [-0.39, 0.29) is 42.9 Å². The van der Waals surface area contributed by atoms with E-state index in [0.717, 1.165) is 13.0 Å². The smallest absolute Gasteiger partial charge is 0.255 e. The van der Waals surface area contributed by atoms with E-state index < -0.39 is 29.8 Å². The molecular weight excluding hydrogens is 478 g/mol. The van der Waals surface area contributed by atoms with Crippen LogP contribution in [-0.4, -0.2) is 79.3 Å². The molecule has 4 N–H and O–H groups in total. The summed E-state index contributed by atoms with van der Waals surface area (Å²) in [6.07, 6.45) is 2.11. The number of hydrogen-bond acceptors (Lipinski definition) is 6. The zero-order chi connectivity index (χ0) is 26.8. The van der Waals surface area contributed by atoms with Crippen LogP contribution in [0, 0.1) is 5.92 Å². The van der Waals surface area contributed by atoms with Gasteiger partial charge in [0.1, 0.15) is 17.8 Å². The number of likely N-dealkylation sites (tertiary alicyclic amines) is 1. The van der Waals surface area contributed by atoms with Crippen LogP contribution in [0.4, 0.5) is 0 Å². The Hall–Kier alpha value is -3.63. The summed E-state index contributed by atoms with van der Waals surface area (Å²) in [6, 6.07) is 4.70. The van der Waals surface area contributed by atoms with Crippen LogP contribution in [0.5, 0.6) is 5.75 Å². The summed E-state index contributed by atoms with van der Waals surface area (Å²) in [6.45, 7) is 5.79. The van der Waals surface area contributed by atoms with Gasteiger partial charge in [-0.2, -0.15) is 0 Å². The Morgan fingerprint density at radius 1 is 1.14 bits per heavy atom. The second-order valence-corrected chi connectivity index (χ2v) is 9.64. The van der Waals surface area contributed by atoms with Crippen molar-refractivity contribution in [3.63, 3.8) is 0 Å². The minimum Gasteiger partial charge on any atom is -0.493 e. The number of ether oxygens (including phenoxy) is 1. The summed E-state index contributed by atoms with van der Waals surface area (Å²) in [7, 11) is 0. The SMILES string of the molecule is CC(C)[C@H]1NC(=O)C[C@@H](C(=O)NCCCN2CCCC2=O)NC(=O)c2ccccc2OCCCNC1=O. The second-order valence-electron chi connectivity index (χ2n) is 9.64. The van der Waals surface area contributed by atoms with Crippen LogP contribution < -0.4 is 26.0 Å². The van der Waals surface area contributed by atoms with E-state index in [0.29, 0.717) is 38.1 Å². The standard InChI is InChI=1S/C26H37N5O6/c1-17(2)23-26(36)28-12-7-15-37-20-9-4-3-8-18(20)24(34)29-19(16-21(32)30-23)25(35)27-11-6-14-31-13-5-10-22(31)33/h3-4,8-9,17,19,23H,5-7,10-16H2,1-2H3,(H,27,35)(H,28,36)(H,29,34)(H,30,32)/t19-,23+/m0/s1. The molecule has 0 saturated carbocycles. The number of amides is 5. The Kier molecular flexibility index (Phi) is 10.3. The van der Waals surface area contributed by atoms with Gasteiger partial charge >= 0.3 is 0 Å². The van der Waals surface area contributed by atoms with Gasteiger partial charge in [-0.25, -0.2) is 0 Å². The number of carbonyl (C=O) groups excluding carboxylic acids is 5. The fraction of sp³-hybridized carbons (Fsp3) is 0.577. The normalized spacial score (nSPS) is 21.6. The largest absolute Gasteiger partial charge is 0.493 e. The number of hydrogen-bond donors (Lipinski definition) is 4. The molecule has 11 nitrogen and oxygen atoms in total. The zero-order valence-corrected chi connectivity index (χ0v) is 21.5. The Bertz CT molecular complexity index is 997. The van der Waals surface area contributed by atoms with Gasteiger partial charge in [0.05, 0.1) is 18.6 Å². The molecule has 11 heteroatoms. The highest BCUT2D eigenvalue weighted by molar-refractivity contribution is 6.01. The summed E-state index contributed by atoms with van der Waals surface area (Å²) in [5.41, 5.74) is 0.243. The maximum atomic E-state index is 13.1. The van der Waals surface area contributed by atoms with Crippen molar-refractivity contribution in [2.45, 2.75) is 58.0 Å². The first-order valence-electron chi connectivity index (χ1n) is 12.9. The average molecular weight is 516 g/mol. The zero-order valence-electron chi connectivity index (χ0n) is 21.5. The summed E-state index contributed by atoms with van der Waals surface area (Å²) in [5.74, 6) is -1.64. The lowest BCUT2D eigenvalue weighted by Gasteiger charge is -2.23. The van der Waals surface area contributed by atoms with Crippen LogP contribution in [0.25, 0.3) is 0 Å². The molecule has 2 aliphatic rings. The van der Waals surface area contributed by atoms with Crippen molar-refractivity contribution in [3.05, 3.63) is 29.8 Å². The predicted octanol–water partition coefficient (Wildman–Crippen LogP) is 0.343. The molecule has 0 aliphatic carbocycles. The third kappa shape index (κ3) is 8.19. The first kappa shape index (κ1) is 27.9. The minimum absolute atomic E-state index is 0.113. The van der Waals surface area contributed by atoms with Crippen LogP contribution in [0.3, 0.4) is 0 Å². The minimum atomic E-state index is -1.17. The lowest BCUT2D eigenvalue weighted by Crippen LogP contribution is -2.53. The van der Waals surface area contributed by atoms with E-state index in [9.17, 15) is 24.0 Å². The van der Waals surface area contributed by atoms with Crippen molar-refractivity contribution in [3.8, 4) is 5.75 Å². The maximum Gasteiger partial charge on any atom is 0.255 e. The van der Waals surface area contributed by atoms with Gasteiger partial charge in [-0.05, 0) is 37.3 Å². The van der Waals surface area contributed by atoms with Gasteiger partial charge < -0.3 is 30.9 Å². The van der Waals surface area contributed by atoms with Crippen LogP contribution in [-0.2, 0) is 19.2 Å². The van der Waals surface area contributed by atoms with E-state index >= 15 is 0 Å². The van der Waals surface area contributed by atoms with Gasteiger partial charge in [0.25, 0.3) is 5.91 Å². The molecule has 0 unspecified atom stereocenters. The fourth-order valence-corrected chi connectivity index (χ4v) is 4.30. The van der Waals surface area contributed by atoms with E-state index in [1.54, 1.807) is 29.2 Å². The van der Waals surface area contributed by atoms with Crippen molar-refractivity contribution >= 4 is 29.5 Å².